The Bertz CT molecular complexity index is 1590. The van der Waals surface area contributed by atoms with Gasteiger partial charge in [0, 0.05) is 30.1 Å². The number of hydrogen-bond donors (Lipinski definition) is 2. The van der Waals surface area contributed by atoms with Gasteiger partial charge in [-0.15, -0.1) is 0 Å². The molecule has 0 radical (unpaired) electrons. The summed E-state index contributed by atoms with van der Waals surface area (Å²) in [5.74, 6) is 0.451. The van der Waals surface area contributed by atoms with Crippen LogP contribution in [0, 0.1) is 0 Å². The second-order valence-corrected chi connectivity index (χ2v) is 9.84. The number of carbonyl (C=O) groups excluding carboxylic acids is 2. The number of likely N-dealkylation sites (N-methyl/N-ethyl adjacent to an activating group) is 1. The Labute approximate surface area is 237 Å². The Balaban J connectivity index is 1.33. The van der Waals surface area contributed by atoms with E-state index in [9.17, 15) is 9.59 Å². The van der Waals surface area contributed by atoms with Crippen molar-refractivity contribution in [3.63, 3.8) is 0 Å². The molecule has 1 heterocycles. The minimum atomic E-state index is -0.802. The summed E-state index contributed by atoms with van der Waals surface area (Å²) < 4.78 is 9.70. The third kappa shape index (κ3) is 6.10. The molecule has 0 aliphatic heterocycles. The monoisotopic (exact) mass is 551 g/mol. The molecule has 202 valence electrons. The zero-order valence-corrected chi connectivity index (χ0v) is 23.0. The SMILES string of the molecule is COc1ccc(N(C)C(=O)C(Cc2ccccc2)NC(=O)NSn2nc(-c3ccccc3)c3ccccc32)cc1. The minimum Gasteiger partial charge on any atom is -0.497 e. The van der Waals surface area contributed by atoms with Crippen LogP contribution in [0.2, 0.25) is 0 Å². The molecule has 3 amide bonds. The lowest BCUT2D eigenvalue weighted by Gasteiger charge is -2.25. The number of carbonyl (C=O) groups is 2. The van der Waals surface area contributed by atoms with Crippen molar-refractivity contribution < 1.29 is 14.3 Å². The number of urea groups is 1. The number of aromatic nitrogens is 2. The van der Waals surface area contributed by atoms with E-state index in [1.54, 1.807) is 42.5 Å². The first-order valence-electron chi connectivity index (χ1n) is 12.8. The van der Waals surface area contributed by atoms with E-state index in [1.165, 1.54) is 4.90 Å². The molecular formula is C31H29N5O3S. The van der Waals surface area contributed by atoms with Crippen LogP contribution in [0.5, 0.6) is 5.75 Å². The van der Waals surface area contributed by atoms with E-state index in [4.69, 9.17) is 9.84 Å². The van der Waals surface area contributed by atoms with Crippen molar-refractivity contribution >= 4 is 40.7 Å². The van der Waals surface area contributed by atoms with Gasteiger partial charge in [0.2, 0.25) is 5.91 Å². The van der Waals surface area contributed by atoms with Crippen molar-refractivity contribution in [1.29, 1.82) is 0 Å². The van der Waals surface area contributed by atoms with E-state index < -0.39 is 12.1 Å². The Hall–Kier alpha value is -4.76. The maximum absolute atomic E-state index is 13.6. The smallest absolute Gasteiger partial charge is 0.326 e. The van der Waals surface area contributed by atoms with Crippen molar-refractivity contribution in [3.8, 4) is 17.0 Å². The molecule has 0 saturated heterocycles. The molecule has 1 aromatic heterocycles. The molecule has 1 atom stereocenters. The van der Waals surface area contributed by atoms with Gasteiger partial charge in [0.25, 0.3) is 0 Å². The van der Waals surface area contributed by atoms with Crippen LogP contribution in [-0.4, -0.2) is 41.3 Å². The molecule has 0 aliphatic carbocycles. The van der Waals surface area contributed by atoms with Crippen LogP contribution in [-0.2, 0) is 11.2 Å². The number of hydrogen-bond acceptors (Lipinski definition) is 5. The molecule has 2 N–H and O–H groups in total. The van der Waals surface area contributed by atoms with E-state index in [-0.39, 0.29) is 5.91 Å². The number of para-hydroxylation sites is 1. The molecule has 1 unspecified atom stereocenters. The summed E-state index contributed by atoms with van der Waals surface area (Å²) in [6, 6.07) is 33.2. The highest BCUT2D eigenvalue weighted by atomic mass is 32.2. The maximum atomic E-state index is 13.6. The molecule has 4 aromatic carbocycles. The second-order valence-electron chi connectivity index (χ2n) is 9.11. The second kappa shape index (κ2) is 12.4. The van der Waals surface area contributed by atoms with Gasteiger partial charge >= 0.3 is 6.03 Å². The molecule has 5 aromatic rings. The fourth-order valence-electron chi connectivity index (χ4n) is 4.41. The lowest BCUT2D eigenvalue weighted by Crippen LogP contribution is -2.50. The first kappa shape index (κ1) is 26.8. The van der Waals surface area contributed by atoms with Crippen LogP contribution < -0.4 is 19.7 Å². The van der Waals surface area contributed by atoms with Crippen LogP contribution in [0.15, 0.2) is 109 Å². The number of rotatable bonds is 9. The largest absolute Gasteiger partial charge is 0.497 e. The molecule has 9 heteroatoms. The summed E-state index contributed by atoms with van der Waals surface area (Å²) in [5, 5.41) is 8.59. The average Bonchev–Trinajstić information content (AvgIpc) is 3.38. The summed E-state index contributed by atoms with van der Waals surface area (Å²) in [6.07, 6.45) is 0.334. The van der Waals surface area contributed by atoms with Crippen LogP contribution in [0.3, 0.4) is 0 Å². The van der Waals surface area contributed by atoms with E-state index >= 15 is 0 Å². The van der Waals surface area contributed by atoms with Gasteiger partial charge in [0.05, 0.1) is 24.8 Å². The normalized spacial score (nSPS) is 11.6. The zero-order chi connectivity index (χ0) is 27.9. The molecule has 0 fully saturated rings. The van der Waals surface area contributed by atoms with Crippen LogP contribution in [0.4, 0.5) is 10.5 Å². The Morgan fingerprint density at radius 2 is 1.55 bits per heavy atom. The lowest BCUT2D eigenvalue weighted by atomic mass is 10.0. The Morgan fingerprint density at radius 1 is 0.900 bits per heavy atom. The topological polar surface area (TPSA) is 88.5 Å². The van der Waals surface area contributed by atoms with Gasteiger partial charge in [-0.05, 0) is 35.9 Å². The standard InChI is InChI=1S/C31H29N5O3S/c1-35(24-17-19-25(39-2)20-18-24)30(37)27(21-22-11-5-3-6-12-22)32-31(38)34-40-36-28-16-10-9-15-26(28)29(33-36)23-13-7-4-8-14-23/h3-20,27H,21H2,1-2H3,(H2,32,34,38). The Kier molecular flexibility index (Phi) is 8.32. The number of ether oxygens (including phenoxy) is 1. The first-order valence-corrected chi connectivity index (χ1v) is 13.5. The number of anilines is 1. The van der Waals surface area contributed by atoms with Crippen LogP contribution in [0.1, 0.15) is 5.56 Å². The van der Waals surface area contributed by atoms with E-state index in [2.05, 4.69) is 10.0 Å². The third-order valence-corrected chi connectivity index (χ3v) is 7.23. The lowest BCUT2D eigenvalue weighted by molar-refractivity contribution is -0.120. The molecule has 5 rings (SSSR count). The van der Waals surface area contributed by atoms with Gasteiger partial charge in [-0.25, -0.2) is 4.79 Å². The van der Waals surface area contributed by atoms with Crippen molar-refractivity contribution in [2.45, 2.75) is 12.5 Å². The summed E-state index contributed by atoms with van der Waals surface area (Å²) in [6.45, 7) is 0. The summed E-state index contributed by atoms with van der Waals surface area (Å²) in [7, 11) is 3.28. The van der Waals surface area contributed by atoms with E-state index in [0.29, 0.717) is 17.9 Å². The number of benzene rings is 4. The van der Waals surface area contributed by atoms with Gasteiger partial charge in [-0.1, -0.05) is 78.9 Å². The highest BCUT2D eigenvalue weighted by molar-refractivity contribution is 7.96. The summed E-state index contributed by atoms with van der Waals surface area (Å²) in [5.41, 5.74) is 4.30. The van der Waals surface area contributed by atoms with Crippen molar-refractivity contribution in [3.05, 3.63) is 115 Å². The highest BCUT2D eigenvalue weighted by Crippen LogP contribution is 2.29. The predicted molar refractivity (Wildman–Crippen MR) is 160 cm³/mol. The highest BCUT2D eigenvalue weighted by Gasteiger charge is 2.26. The van der Waals surface area contributed by atoms with Gasteiger partial charge in [0.15, 0.2) is 0 Å². The van der Waals surface area contributed by atoms with Gasteiger partial charge in [-0.3, -0.25) is 9.52 Å². The van der Waals surface area contributed by atoms with Crippen molar-refractivity contribution in [2.75, 3.05) is 19.1 Å². The van der Waals surface area contributed by atoms with Gasteiger partial charge < -0.3 is 15.0 Å². The van der Waals surface area contributed by atoms with Gasteiger partial charge in [0.1, 0.15) is 17.5 Å². The maximum Gasteiger partial charge on any atom is 0.326 e. The average molecular weight is 552 g/mol. The fraction of sp³-hybridized carbons (Fsp3) is 0.129. The predicted octanol–water partition coefficient (Wildman–Crippen LogP) is 5.70. The summed E-state index contributed by atoms with van der Waals surface area (Å²) >= 11 is 1.05. The van der Waals surface area contributed by atoms with Crippen LogP contribution in [0.25, 0.3) is 22.2 Å². The minimum absolute atomic E-state index is 0.245. The molecule has 40 heavy (non-hydrogen) atoms. The number of nitrogens with one attached hydrogen (secondary N) is 2. The summed E-state index contributed by atoms with van der Waals surface area (Å²) in [4.78, 5) is 28.2. The first-order chi connectivity index (χ1) is 19.5. The van der Waals surface area contributed by atoms with Gasteiger partial charge in [-0.2, -0.15) is 9.19 Å². The number of fused-ring (bicyclic) bond motifs is 1. The number of nitrogens with zero attached hydrogens (tertiary/aromatic N) is 3. The van der Waals surface area contributed by atoms with Crippen LogP contribution >= 0.6 is 12.1 Å². The quantitative estimate of drug-likeness (QED) is 0.230. The van der Waals surface area contributed by atoms with E-state index in [0.717, 1.165) is 39.9 Å². The molecule has 0 bridgehead atoms. The third-order valence-electron chi connectivity index (χ3n) is 6.50. The molecule has 0 aliphatic rings. The molecular weight excluding hydrogens is 522 g/mol. The number of methoxy groups -OCH3 is 1. The number of amides is 3. The molecule has 0 spiro atoms. The molecule has 8 nitrogen and oxygen atoms in total. The molecule has 0 saturated carbocycles. The zero-order valence-electron chi connectivity index (χ0n) is 22.2. The fourth-order valence-corrected chi connectivity index (χ4v) is 5.02. The van der Waals surface area contributed by atoms with E-state index in [1.807, 2.05) is 84.9 Å². The van der Waals surface area contributed by atoms with Crippen molar-refractivity contribution in [2.24, 2.45) is 0 Å². The Morgan fingerprint density at radius 3 is 2.25 bits per heavy atom. The van der Waals surface area contributed by atoms with Crippen molar-refractivity contribution in [1.82, 2.24) is 19.2 Å².